The Morgan fingerprint density at radius 3 is 2.17 bits per heavy atom. The third kappa shape index (κ3) is 2.41. The predicted molar refractivity (Wildman–Crippen MR) is 95.6 cm³/mol. The second kappa shape index (κ2) is 5.98. The van der Waals surface area contributed by atoms with E-state index in [2.05, 4.69) is 11.2 Å². The van der Waals surface area contributed by atoms with Crippen LogP contribution in [-0.4, -0.2) is 11.7 Å². The Morgan fingerprint density at radius 2 is 1.54 bits per heavy atom. The Morgan fingerprint density at radius 1 is 0.917 bits per heavy atom. The van der Waals surface area contributed by atoms with E-state index in [9.17, 15) is 14.5 Å². The molecule has 0 N–H and O–H groups in total. The number of nitrogens with zero attached hydrogens (tertiary/aromatic N) is 1. The quantitative estimate of drug-likeness (QED) is 0.376. The molecule has 0 bridgehead atoms. The lowest BCUT2D eigenvalue weighted by Gasteiger charge is -2.15. The van der Waals surface area contributed by atoms with Gasteiger partial charge in [0.15, 0.2) is 5.78 Å². The van der Waals surface area contributed by atoms with Gasteiger partial charge in [0, 0.05) is 10.7 Å². The van der Waals surface area contributed by atoms with Crippen molar-refractivity contribution in [1.82, 2.24) is 0 Å². The minimum absolute atomic E-state index is 0. The van der Waals surface area contributed by atoms with Crippen molar-refractivity contribution in [1.29, 1.82) is 0 Å². The van der Waals surface area contributed by atoms with Gasteiger partial charge in [-0.05, 0) is 51.7 Å². The Kier molecular flexibility index (Phi) is 3.99. The minimum atomic E-state index is -1.00. The number of amides is 1. The first-order chi connectivity index (χ1) is 11.2. The number of nitroso groups, excluding NO2 is 1. The summed E-state index contributed by atoms with van der Waals surface area (Å²) in [5, 5.41) is 6.57. The highest BCUT2D eigenvalue weighted by atomic mass is 35.5. The van der Waals surface area contributed by atoms with Gasteiger partial charge in [0.05, 0.1) is 5.57 Å². The molecule has 0 heterocycles. The molecule has 0 fully saturated rings. The summed E-state index contributed by atoms with van der Waals surface area (Å²) in [5.74, 6) is -1.43. The Bertz CT molecular complexity index is 1050. The van der Waals surface area contributed by atoms with Gasteiger partial charge >= 0.3 is 5.91 Å². The van der Waals surface area contributed by atoms with Crippen LogP contribution in [-0.2, 0) is 11.2 Å². The number of hydrogen-bond acceptors (Lipinski definition) is 3. The number of benzene rings is 3. The molecular weight excluding hydrogens is 326 g/mol. The van der Waals surface area contributed by atoms with Crippen LogP contribution in [0, 0.1) is 4.91 Å². The van der Waals surface area contributed by atoms with E-state index in [1.807, 2.05) is 36.4 Å². The largest absolute Gasteiger partial charge is 0.320 e. The normalized spacial score (nSPS) is 13.2. The minimum Gasteiger partial charge on any atom is -0.288 e. The third-order valence-corrected chi connectivity index (χ3v) is 4.26. The molecule has 24 heavy (non-hydrogen) atoms. The van der Waals surface area contributed by atoms with E-state index >= 15 is 0 Å². The Hall–Kier alpha value is -2.85. The molecule has 118 valence electrons. The second-order valence-electron chi connectivity index (χ2n) is 5.60. The highest BCUT2D eigenvalue weighted by Crippen LogP contribution is 2.30. The van der Waals surface area contributed by atoms with E-state index in [1.165, 1.54) is 6.08 Å². The maximum atomic E-state index is 12.4. The van der Waals surface area contributed by atoms with E-state index in [4.69, 9.17) is 0 Å². The molecule has 1 amide bonds. The van der Waals surface area contributed by atoms with Crippen LogP contribution in [0.1, 0.15) is 15.9 Å². The maximum absolute atomic E-state index is 12.4. The molecule has 3 aromatic rings. The van der Waals surface area contributed by atoms with Gasteiger partial charge in [-0.15, -0.1) is 17.3 Å². The smallest absolute Gasteiger partial charge is 0.288 e. The number of hydrogen-bond donors (Lipinski definition) is 0. The number of fused-ring (bicyclic) bond motifs is 3. The van der Waals surface area contributed by atoms with E-state index in [0.29, 0.717) is 12.0 Å². The summed E-state index contributed by atoms with van der Waals surface area (Å²) in [6, 6.07) is 15.9. The lowest BCUT2D eigenvalue weighted by molar-refractivity contribution is -0.114. The highest BCUT2D eigenvalue weighted by Gasteiger charge is 2.26. The first-order valence-electron chi connectivity index (χ1n) is 7.25. The molecule has 0 atom stereocenters. The van der Waals surface area contributed by atoms with Gasteiger partial charge in [0.1, 0.15) is 0 Å². The molecule has 1 aliphatic carbocycles. The summed E-state index contributed by atoms with van der Waals surface area (Å²) in [6.45, 7) is 0. The van der Waals surface area contributed by atoms with Crippen LogP contribution in [0.4, 0.5) is 0 Å². The van der Waals surface area contributed by atoms with Gasteiger partial charge in [-0.25, -0.2) is 0 Å². The number of allylic oxidation sites excluding steroid dienone is 1. The molecule has 3 aromatic carbocycles. The standard InChI is InChI=1S/C19H11NO3.ClH/c21-18-16(19(22)20-23)6-5-13-9-14-7-11-3-1-2-4-12(11)8-15(14)10-17(13)18;/h1-4,6-10H,5H2;1H. The summed E-state index contributed by atoms with van der Waals surface area (Å²) in [5.41, 5.74) is 1.20. The molecule has 0 radical (unpaired) electrons. The van der Waals surface area contributed by atoms with Gasteiger partial charge in [-0.2, -0.15) is 0 Å². The van der Waals surface area contributed by atoms with Crippen molar-refractivity contribution in [3.63, 3.8) is 0 Å². The number of Topliss-reactive ketones (excluding diaryl/α,β-unsaturated/α-hetero) is 1. The molecule has 0 spiro atoms. The zero-order valence-corrected chi connectivity index (χ0v) is 13.3. The number of rotatable bonds is 1. The lowest BCUT2D eigenvalue weighted by atomic mass is 9.87. The zero-order valence-electron chi connectivity index (χ0n) is 12.5. The Balaban J connectivity index is 0.00000169. The van der Waals surface area contributed by atoms with Gasteiger partial charge in [-0.1, -0.05) is 36.4 Å². The van der Waals surface area contributed by atoms with Crippen molar-refractivity contribution in [3.8, 4) is 0 Å². The van der Waals surface area contributed by atoms with Crippen molar-refractivity contribution in [3.05, 3.63) is 76.2 Å². The third-order valence-electron chi connectivity index (χ3n) is 4.26. The average molecular weight is 338 g/mol. The van der Waals surface area contributed by atoms with Crippen molar-refractivity contribution in [2.75, 3.05) is 0 Å². The molecule has 0 saturated heterocycles. The van der Waals surface area contributed by atoms with E-state index in [0.717, 1.165) is 27.1 Å². The topological polar surface area (TPSA) is 63.6 Å². The fraction of sp³-hybridized carbons (Fsp3) is 0.0526. The fourth-order valence-electron chi connectivity index (χ4n) is 3.10. The highest BCUT2D eigenvalue weighted by molar-refractivity contribution is 6.27. The summed E-state index contributed by atoms with van der Waals surface area (Å²) >= 11 is 0. The number of halogens is 1. The first-order valence-corrected chi connectivity index (χ1v) is 7.25. The predicted octanol–water partition coefficient (Wildman–Crippen LogP) is 4.37. The molecule has 0 aromatic heterocycles. The second-order valence-corrected chi connectivity index (χ2v) is 5.60. The molecule has 0 unspecified atom stereocenters. The monoisotopic (exact) mass is 337 g/mol. The summed E-state index contributed by atoms with van der Waals surface area (Å²) in [6.07, 6.45) is 1.93. The van der Waals surface area contributed by atoms with Gasteiger partial charge < -0.3 is 0 Å². The van der Waals surface area contributed by atoms with Crippen LogP contribution < -0.4 is 0 Å². The molecule has 0 aliphatic heterocycles. The van der Waals surface area contributed by atoms with Gasteiger partial charge in [0.25, 0.3) is 0 Å². The molecule has 4 nitrogen and oxygen atoms in total. The van der Waals surface area contributed by atoms with E-state index in [1.54, 1.807) is 6.07 Å². The fourth-order valence-corrected chi connectivity index (χ4v) is 3.10. The van der Waals surface area contributed by atoms with Gasteiger partial charge in [0.2, 0.25) is 0 Å². The van der Waals surface area contributed by atoms with Crippen LogP contribution in [0.25, 0.3) is 21.5 Å². The van der Waals surface area contributed by atoms with E-state index < -0.39 is 11.7 Å². The zero-order chi connectivity index (χ0) is 16.0. The summed E-state index contributed by atoms with van der Waals surface area (Å²) in [4.78, 5) is 34.3. The molecule has 1 aliphatic rings. The SMILES string of the molecule is Cl.O=NC(=O)C1=CCc2cc3cc4ccccc4cc3cc2C1=O. The van der Waals surface area contributed by atoms with Crippen LogP contribution >= 0.6 is 12.4 Å². The maximum Gasteiger partial charge on any atom is 0.320 e. The molecular formula is C19H12ClNO3. The number of carbonyl (C=O) groups is 2. The van der Waals surface area contributed by atoms with Crippen LogP contribution in [0.2, 0.25) is 0 Å². The number of carbonyl (C=O) groups excluding carboxylic acids is 2. The molecule has 5 heteroatoms. The summed E-state index contributed by atoms with van der Waals surface area (Å²) < 4.78 is 0. The van der Waals surface area contributed by atoms with Crippen molar-refractivity contribution in [2.45, 2.75) is 6.42 Å². The average Bonchev–Trinajstić information content (AvgIpc) is 2.58. The van der Waals surface area contributed by atoms with Crippen molar-refractivity contribution in [2.24, 2.45) is 5.18 Å². The summed E-state index contributed by atoms with van der Waals surface area (Å²) in [7, 11) is 0. The lowest BCUT2D eigenvalue weighted by Crippen LogP contribution is -2.17. The Labute approximate surface area is 143 Å². The molecule has 0 saturated carbocycles. The van der Waals surface area contributed by atoms with Crippen molar-refractivity contribution < 1.29 is 9.59 Å². The molecule has 4 rings (SSSR count). The van der Waals surface area contributed by atoms with Crippen molar-refractivity contribution >= 4 is 45.6 Å². The number of ketones is 1. The first kappa shape index (κ1) is 16.0. The van der Waals surface area contributed by atoms with Crippen LogP contribution in [0.3, 0.4) is 0 Å². The van der Waals surface area contributed by atoms with Crippen LogP contribution in [0.15, 0.2) is 65.4 Å². The van der Waals surface area contributed by atoms with Crippen LogP contribution in [0.5, 0.6) is 0 Å². The van der Waals surface area contributed by atoms with E-state index in [-0.39, 0.29) is 18.0 Å². The van der Waals surface area contributed by atoms with Gasteiger partial charge in [-0.3, -0.25) is 9.59 Å².